The maximum Gasteiger partial charge on any atom is 0.329 e. The number of aryl methyl sites for hydroxylation is 2. The minimum atomic E-state index is -0.860. The Morgan fingerprint density at radius 2 is 1.58 bits per heavy atom. The second kappa shape index (κ2) is 8.66. The van der Waals surface area contributed by atoms with Crippen molar-refractivity contribution < 1.29 is 19.1 Å². The average molecular weight is 355 g/mol. The number of amides is 2. The first kappa shape index (κ1) is 19.0. The summed E-state index contributed by atoms with van der Waals surface area (Å²) in [4.78, 5) is 23.8. The van der Waals surface area contributed by atoms with E-state index in [0.717, 1.165) is 11.1 Å². The molecule has 136 valence electrons. The normalized spacial score (nSPS) is 10.5. The zero-order valence-electron chi connectivity index (χ0n) is 15.1. The lowest BCUT2D eigenvalue weighted by Crippen LogP contribution is -2.32. The zero-order chi connectivity index (χ0) is 19.1. The molecule has 26 heavy (non-hydrogen) atoms. The second-order valence-corrected chi connectivity index (χ2v) is 5.64. The van der Waals surface area contributed by atoms with E-state index in [1.165, 1.54) is 13.3 Å². The summed E-state index contributed by atoms with van der Waals surface area (Å²) in [6.07, 6.45) is 1.41. The van der Waals surface area contributed by atoms with Gasteiger partial charge in [-0.2, -0.15) is 5.10 Å². The number of anilines is 1. The molecule has 7 heteroatoms. The zero-order valence-corrected chi connectivity index (χ0v) is 15.1. The van der Waals surface area contributed by atoms with Crippen molar-refractivity contribution in [1.29, 1.82) is 0 Å². The Bertz CT molecular complexity index is 826. The van der Waals surface area contributed by atoms with Crippen LogP contribution in [-0.2, 0) is 9.59 Å². The Morgan fingerprint density at radius 1 is 0.923 bits per heavy atom. The molecule has 0 aliphatic heterocycles. The first-order chi connectivity index (χ1) is 12.4. The standard InChI is InChI=1S/C19H21N3O4/c1-12-7-13(2)9-15(8-12)21-18(23)19(24)22-20-11-14-5-6-16(25-3)17(10-14)26-4/h5-11H,1-4H3,(H,21,23)(H,22,24)/b20-11-. The van der Waals surface area contributed by atoms with Crippen LogP contribution >= 0.6 is 0 Å². The van der Waals surface area contributed by atoms with Crippen LogP contribution in [0.15, 0.2) is 41.5 Å². The van der Waals surface area contributed by atoms with Crippen molar-refractivity contribution >= 4 is 23.7 Å². The number of nitrogens with one attached hydrogen (secondary N) is 2. The Morgan fingerprint density at radius 3 is 2.19 bits per heavy atom. The van der Waals surface area contributed by atoms with Gasteiger partial charge in [0.05, 0.1) is 20.4 Å². The first-order valence-corrected chi connectivity index (χ1v) is 7.87. The Kier molecular flexibility index (Phi) is 6.32. The molecular formula is C19H21N3O4. The van der Waals surface area contributed by atoms with E-state index >= 15 is 0 Å². The molecule has 0 aliphatic carbocycles. The van der Waals surface area contributed by atoms with Gasteiger partial charge in [0, 0.05) is 5.69 Å². The molecule has 2 N–H and O–H groups in total. The lowest BCUT2D eigenvalue weighted by atomic mass is 10.1. The highest BCUT2D eigenvalue weighted by Crippen LogP contribution is 2.26. The number of methoxy groups -OCH3 is 2. The molecule has 0 atom stereocenters. The maximum absolute atomic E-state index is 11.9. The summed E-state index contributed by atoms with van der Waals surface area (Å²) in [6, 6.07) is 10.7. The molecule has 0 bridgehead atoms. The van der Waals surface area contributed by atoms with E-state index in [1.54, 1.807) is 37.4 Å². The second-order valence-electron chi connectivity index (χ2n) is 5.64. The smallest absolute Gasteiger partial charge is 0.329 e. The third-order valence-electron chi connectivity index (χ3n) is 3.47. The fraction of sp³-hybridized carbons (Fsp3) is 0.211. The van der Waals surface area contributed by atoms with Crippen LogP contribution in [0.3, 0.4) is 0 Å². The van der Waals surface area contributed by atoms with Gasteiger partial charge in [0.15, 0.2) is 11.5 Å². The Hall–Kier alpha value is -3.35. The molecule has 0 unspecified atom stereocenters. The summed E-state index contributed by atoms with van der Waals surface area (Å²) in [5, 5.41) is 6.33. The lowest BCUT2D eigenvalue weighted by molar-refractivity contribution is -0.136. The number of nitrogens with zero attached hydrogens (tertiary/aromatic N) is 1. The van der Waals surface area contributed by atoms with E-state index in [1.807, 2.05) is 19.9 Å². The summed E-state index contributed by atoms with van der Waals surface area (Å²) >= 11 is 0. The minimum Gasteiger partial charge on any atom is -0.493 e. The molecular weight excluding hydrogens is 334 g/mol. The van der Waals surface area contributed by atoms with E-state index in [2.05, 4.69) is 15.8 Å². The molecule has 2 aromatic carbocycles. The third kappa shape index (κ3) is 5.07. The highest BCUT2D eigenvalue weighted by atomic mass is 16.5. The molecule has 0 heterocycles. The highest BCUT2D eigenvalue weighted by Gasteiger charge is 2.13. The minimum absolute atomic E-state index is 0.537. The van der Waals surface area contributed by atoms with Gasteiger partial charge in [-0.15, -0.1) is 0 Å². The molecule has 0 spiro atoms. The van der Waals surface area contributed by atoms with Crippen molar-refractivity contribution in [3.05, 3.63) is 53.1 Å². The topological polar surface area (TPSA) is 89.0 Å². The SMILES string of the molecule is COc1ccc(/C=N\NC(=O)C(=O)Nc2cc(C)cc(C)c2)cc1OC. The number of hydrazone groups is 1. The van der Waals surface area contributed by atoms with E-state index in [4.69, 9.17) is 9.47 Å². The summed E-state index contributed by atoms with van der Waals surface area (Å²) in [5.41, 5.74) is 5.42. The third-order valence-corrected chi connectivity index (χ3v) is 3.47. The van der Waals surface area contributed by atoms with Crippen molar-refractivity contribution in [3.8, 4) is 11.5 Å². The van der Waals surface area contributed by atoms with Gasteiger partial charge in [0.25, 0.3) is 0 Å². The van der Waals surface area contributed by atoms with Crippen molar-refractivity contribution in [2.45, 2.75) is 13.8 Å². The van der Waals surface area contributed by atoms with Gasteiger partial charge < -0.3 is 14.8 Å². The number of carbonyl (C=O) groups is 2. The maximum atomic E-state index is 11.9. The van der Waals surface area contributed by atoms with Crippen LogP contribution in [-0.4, -0.2) is 32.2 Å². The molecule has 0 fully saturated rings. The fourth-order valence-electron chi connectivity index (χ4n) is 2.38. The van der Waals surface area contributed by atoms with Crippen LogP contribution in [0.1, 0.15) is 16.7 Å². The molecule has 2 aromatic rings. The van der Waals surface area contributed by atoms with Gasteiger partial charge in [-0.3, -0.25) is 9.59 Å². The van der Waals surface area contributed by atoms with Crippen LogP contribution in [0.25, 0.3) is 0 Å². The number of carbonyl (C=O) groups excluding carboxylic acids is 2. The van der Waals surface area contributed by atoms with Crippen molar-refractivity contribution in [2.24, 2.45) is 5.10 Å². The van der Waals surface area contributed by atoms with Gasteiger partial charge in [-0.05, 0) is 60.9 Å². The van der Waals surface area contributed by atoms with E-state index in [-0.39, 0.29) is 0 Å². The molecule has 0 saturated carbocycles. The Labute approximate surface area is 152 Å². The summed E-state index contributed by atoms with van der Waals surface area (Å²) in [6.45, 7) is 3.83. The van der Waals surface area contributed by atoms with Crippen LogP contribution in [0.5, 0.6) is 11.5 Å². The van der Waals surface area contributed by atoms with Crippen LogP contribution < -0.4 is 20.2 Å². The largest absolute Gasteiger partial charge is 0.493 e. The predicted octanol–water partition coefficient (Wildman–Crippen LogP) is 2.41. The fourth-order valence-corrected chi connectivity index (χ4v) is 2.38. The Balaban J connectivity index is 1.97. The van der Waals surface area contributed by atoms with E-state index in [9.17, 15) is 9.59 Å². The van der Waals surface area contributed by atoms with Crippen LogP contribution in [0.2, 0.25) is 0 Å². The highest BCUT2D eigenvalue weighted by molar-refractivity contribution is 6.39. The average Bonchev–Trinajstić information content (AvgIpc) is 2.60. The molecule has 0 aromatic heterocycles. The van der Waals surface area contributed by atoms with Crippen molar-refractivity contribution in [2.75, 3.05) is 19.5 Å². The van der Waals surface area contributed by atoms with E-state index in [0.29, 0.717) is 22.7 Å². The van der Waals surface area contributed by atoms with E-state index < -0.39 is 11.8 Å². The van der Waals surface area contributed by atoms with Gasteiger partial charge in [-0.1, -0.05) is 6.07 Å². The quantitative estimate of drug-likeness (QED) is 0.490. The summed E-state index contributed by atoms with van der Waals surface area (Å²) < 4.78 is 10.3. The van der Waals surface area contributed by atoms with Gasteiger partial charge in [0.1, 0.15) is 0 Å². The van der Waals surface area contributed by atoms with Crippen molar-refractivity contribution in [1.82, 2.24) is 5.43 Å². The monoisotopic (exact) mass is 355 g/mol. The number of hydrogen-bond donors (Lipinski definition) is 2. The number of hydrogen-bond acceptors (Lipinski definition) is 5. The number of rotatable bonds is 5. The number of benzene rings is 2. The molecule has 0 saturated heterocycles. The molecule has 0 radical (unpaired) electrons. The molecule has 2 amide bonds. The predicted molar refractivity (Wildman–Crippen MR) is 99.8 cm³/mol. The van der Waals surface area contributed by atoms with Crippen molar-refractivity contribution in [3.63, 3.8) is 0 Å². The lowest BCUT2D eigenvalue weighted by Gasteiger charge is -2.07. The summed E-state index contributed by atoms with van der Waals surface area (Å²) in [5.74, 6) is -0.530. The first-order valence-electron chi connectivity index (χ1n) is 7.87. The summed E-state index contributed by atoms with van der Waals surface area (Å²) in [7, 11) is 3.07. The molecule has 0 aliphatic rings. The van der Waals surface area contributed by atoms with Gasteiger partial charge in [-0.25, -0.2) is 5.43 Å². The van der Waals surface area contributed by atoms with Gasteiger partial charge in [0.2, 0.25) is 0 Å². The van der Waals surface area contributed by atoms with Crippen LogP contribution in [0.4, 0.5) is 5.69 Å². The number of ether oxygens (including phenoxy) is 2. The van der Waals surface area contributed by atoms with Crippen LogP contribution in [0, 0.1) is 13.8 Å². The molecule has 7 nitrogen and oxygen atoms in total. The molecule has 2 rings (SSSR count). The van der Waals surface area contributed by atoms with Gasteiger partial charge >= 0.3 is 11.8 Å².